The van der Waals surface area contributed by atoms with Crippen molar-refractivity contribution in [1.82, 2.24) is 0 Å². The molecule has 0 N–H and O–H groups in total. The first-order valence-electron chi connectivity index (χ1n) is 23.9. The Morgan fingerprint density at radius 3 is 1.04 bits per heavy atom. The first kappa shape index (κ1) is 40.0. The first-order chi connectivity index (χ1) is 33.5. The van der Waals surface area contributed by atoms with Crippen molar-refractivity contribution in [3.8, 4) is 77.9 Å². The van der Waals surface area contributed by atoms with E-state index in [-0.39, 0.29) is 5.41 Å². The van der Waals surface area contributed by atoms with Crippen LogP contribution in [0.5, 0.6) is 0 Å². The maximum atomic E-state index is 2.59. The minimum Gasteiger partial charge on any atom is -0.0622 e. The first-order valence-corrected chi connectivity index (χ1v) is 23.9. The van der Waals surface area contributed by atoms with Gasteiger partial charge in [0.1, 0.15) is 0 Å². The van der Waals surface area contributed by atoms with Crippen LogP contribution in [0.15, 0.2) is 255 Å². The van der Waals surface area contributed by atoms with Crippen molar-refractivity contribution in [3.63, 3.8) is 0 Å². The Balaban J connectivity index is 1.13. The molecule has 0 unspecified atom stereocenters. The van der Waals surface area contributed by atoms with Crippen LogP contribution in [0.1, 0.15) is 47.2 Å². The Labute approximate surface area is 399 Å². The van der Waals surface area contributed by atoms with Gasteiger partial charge in [-0.2, -0.15) is 0 Å². The summed E-state index contributed by atoms with van der Waals surface area (Å²) in [5, 5.41) is 2.53. The summed E-state index contributed by atoms with van der Waals surface area (Å²) in [6.45, 7) is 4.83. The second-order valence-corrected chi connectivity index (χ2v) is 19.2. The lowest BCUT2D eigenvalue weighted by molar-refractivity contribution is 0.563. The van der Waals surface area contributed by atoms with Crippen molar-refractivity contribution >= 4 is 10.8 Å². The Morgan fingerprint density at radius 2 is 0.588 bits per heavy atom. The molecular formula is C68H48. The molecule has 0 bridgehead atoms. The summed E-state index contributed by atoms with van der Waals surface area (Å²) in [7, 11) is 0. The van der Waals surface area contributed by atoms with Crippen LogP contribution in [-0.4, -0.2) is 0 Å². The fraction of sp³-hybridized carbons (Fsp3) is 0.0588. The highest BCUT2D eigenvalue weighted by molar-refractivity contribution is 6.11. The minimum atomic E-state index is -0.610. The van der Waals surface area contributed by atoms with E-state index in [1.807, 2.05) is 0 Å². The summed E-state index contributed by atoms with van der Waals surface area (Å²) in [6, 6.07) is 95.4. The molecule has 0 aliphatic heterocycles. The van der Waals surface area contributed by atoms with Crippen LogP contribution < -0.4 is 0 Å². The molecule has 13 rings (SSSR count). The van der Waals surface area contributed by atoms with E-state index in [2.05, 4.69) is 269 Å². The Bertz CT molecular complexity index is 3560. The summed E-state index contributed by atoms with van der Waals surface area (Å²) in [4.78, 5) is 0. The molecule has 11 aromatic rings. The number of fused-ring (bicyclic) bond motifs is 11. The van der Waals surface area contributed by atoms with Gasteiger partial charge in [0.15, 0.2) is 0 Å². The Kier molecular flexibility index (Phi) is 9.21. The van der Waals surface area contributed by atoms with Gasteiger partial charge >= 0.3 is 0 Å². The normalized spacial score (nSPS) is 13.7. The molecular weight excluding hydrogens is 817 g/mol. The standard InChI is InChI=1S/C68H48/c1-67(2)60-31-17-19-33-62(60)68(63-34-20-18-32-61(63)67)64-43-49(54-39-50(45-21-7-3-8-22-45)37-51(40-54)46-23-9-4-10-24-46)35-36-58(64)66-57-30-16-15-29-56(57)59(44-65(66)68)55-41-52(47-25-11-5-12-26-47)38-53(42-55)48-27-13-6-14-28-48/h3-44H,1-2H3. The maximum absolute atomic E-state index is 2.59. The third kappa shape index (κ3) is 6.14. The zero-order valence-electron chi connectivity index (χ0n) is 38.2. The van der Waals surface area contributed by atoms with Gasteiger partial charge in [-0.3, -0.25) is 0 Å². The van der Waals surface area contributed by atoms with E-state index in [1.54, 1.807) is 0 Å². The van der Waals surface area contributed by atoms with E-state index in [4.69, 9.17) is 0 Å². The highest BCUT2D eigenvalue weighted by Gasteiger charge is 2.54. The molecule has 11 aromatic carbocycles. The van der Waals surface area contributed by atoms with Gasteiger partial charge in [0.25, 0.3) is 0 Å². The largest absolute Gasteiger partial charge is 0.0720 e. The summed E-state index contributed by atoms with van der Waals surface area (Å²) in [5.74, 6) is 0. The molecule has 0 aromatic heterocycles. The molecule has 0 atom stereocenters. The Morgan fingerprint density at radius 1 is 0.221 bits per heavy atom. The van der Waals surface area contributed by atoms with Gasteiger partial charge in [0.05, 0.1) is 5.41 Å². The number of rotatable bonds is 6. The van der Waals surface area contributed by atoms with Crippen LogP contribution in [-0.2, 0) is 10.8 Å². The van der Waals surface area contributed by atoms with Crippen LogP contribution in [0.4, 0.5) is 0 Å². The SMILES string of the molecule is CC1(C)c2ccccc2C2(c3cc(-c4cc(-c5ccccc5)cc(-c5ccccc5)c4)ccc3-c3c2cc(-c2cc(-c4ccccc4)cc(-c4ccccc4)c2)c2ccccc32)c2ccccc21. The average molecular weight is 865 g/mol. The lowest BCUT2D eigenvalue weighted by Crippen LogP contribution is -2.40. The van der Waals surface area contributed by atoms with Crippen LogP contribution in [0.3, 0.4) is 0 Å². The van der Waals surface area contributed by atoms with Crippen LogP contribution in [0.2, 0.25) is 0 Å². The second kappa shape index (κ2) is 15.7. The average Bonchev–Trinajstić information content (AvgIpc) is 3.71. The molecule has 0 heteroatoms. The van der Waals surface area contributed by atoms with Gasteiger partial charge in [-0.05, 0) is 171 Å². The zero-order valence-corrected chi connectivity index (χ0v) is 38.2. The predicted molar refractivity (Wildman–Crippen MR) is 286 cm³/mol. The second-order valence-electron chi connectivity index (χ2n) is 19.2. The molecule has 0 radical (unpaired) electrons. The van der Waals surface area contributed by atoms with E-state index in [0.29, 0.717) is 0 Å². The van der Waals surface area contributed by atoms with Crippen LogP contribution >= 0.6 is 0 Å². The summed E-state index contributed by atoms with van der Waals surface area (Å²) in [6.07, 6.45) is 0. The van der Waals surface area contributed by atoms with Gasteiger partial charge in [-0.25, -0.2) is 0 Å². The molecule has 68 heavy (non-hydrogen) atoms. The zero-order chi connectivity index (χ0) is 45.4. The molecule has 0 saturated heterocycles. The third-order valence-corrected chi connectivity index (χ3v) is 15.1. The highest BCUT2D eigenvalue weighted by atomic mass is 14.5. The molecule has 1 spiro atoms. The van der Waals surface area contributed by atoms with Gasteiger partial charge in [-0.1, -0.05) is 220 Å². The van der Waals surface area contributed by atoms with E-state index >= 15 is 0 Å². The van der Waals surface area contributed by atoms with Crippen molar-refractivity contribution < 1.29 is 0 Å². The molecule has 0 saturated carbocycles. The molecule has 0 heterocycles. The molecule has 0 amide bonds. The van der Waals surface area contributed by atoms with Crippen molar-refractivity contribution in [2.24, 2.45) is 0 Å². The van der Waals surface area contributed by atoms with Crippen LogP contribution in [0, 0.1) is 0 Å². The third-order valence-electron chi connectivity index (χ3n) is 15.1. The number of hydrogen-bond donors (Lipinski definition) is 0. The van der Waals surface area contributed by atoms with E-state index in [9.17, 15) is 0 Å². The van der Waals surface area contributed by atoms with E-state index in [1.165, 1.54) is 122 Å². The number of benzene rings is 11. The molecule has 2 aliphatic rings. The fourth-order valence-corrected chi connectivity index (χ4v) is 11.9. The van der Waals surface area contributed by atoms with Crippen molar-refractivity contribution in [1.29, 1.82) is 0 Å². The van der Waals surface area contributed by atoms with Gasteiger partial charge in [0, 0.05) is 5.41 Å². The highest BCUT2D eigenvalue weighted by Crippen LogP contribution is 2.64. The molecule has 2 aliphatic carbocycles. The van der Waals surface area contributed by atoms with Gasteiger partial charge in [0.2, 0.25) is 0 Å². The van der Waals surface area contributed by atoms with Crippen molar-refractivity contribution in [3.05, 3.63) is 288 Å². The summed E-state index contributed by atoms with van der Waals surface area (Å²) < 4.78 is 0. The quantitative estimate of drug-likeness (QED) is 0.156. The van der Waals surface area contributed by atoms with Gasteiger partial charge in [-0.15, -0.1) is 0 Å². The monoisotopic (exact) mass is 864 g/mol. The lowest BCUT2D eigenvalue weighted by Gasteiger charge is -2.46. The minimum absolute atomic E-state index is 0.220. The molecule has 0 fully saturated rings. The predicted octanol–water partition coefficient (Wildman–Crippen LogP) is 17.8. The van der Waals surface area contributed by atoms with Gasteiger partial charge < -0.3 is 0 Å². The fourth-order valence-electron chi connectivity index (χ4n) is 11.9. The number of hydrogen-bond acceptors (Lipinski definition) is 0. The van der Waals surface area contributed by atoms with Crippen molar-refractivity contribution in [2.75, 3.05) is 0 Å². The summed E-state index contributed by atoms with van der Waals surface area (Å²) in [5.41, 5.74) is 24.4. The van der Waals surface area contributed by atoms with Crippen molar-refractivity contribution in [2.45, 2.75) is 24.7 Å². The van der Waals surface area contributed by atoms with E-state index < -0.39 is 5.41 Å². The summed E-state index contributed by atoms with van der Waals surface area (Å²) >= 11 is 0. The van der Waals surface area contributed by atoms with Crippen LogP contribution in [0.25, 0.3) is 88.7 Å². The topological polar surface area (TPSA) is 0 Å². The molecule has 320 valence electrons. The maximum Gasteiger partial charge on any atom is 0.0720 e. The van der Waals surface area contributed by atoms with E-state index in [0.717, 1.165) is 0 Å². The Hall–Kier alpha value is -8.32. The molecule has 0 nitrogen and oxygen atoms in total. The lowest BCUT2D eigenvalue weighted by atomic mass is 9.55. The smallest absolute Gasteiger partial charge is 0.0622 e.